The van der Waals surface area contributed by atoms with E-state index >= 15 is 0 Å². The number of allylic oxidation sites excluding steroid dienone is 1. The molecule has 240 valence electrons. The van der Waals surface area contributed by atoms with Gasteiger partial charge >= 0.3 is 5.97 Å². The van der Waals surface area contributed by atoms with E-state index < -0.39 is 12.0 Å². The Kier molecular flexibility index (Phi) is 9.47. The van der Waals surface area contributed by atoms with E-state index in [1.54, 1.807) is 55.0 Å². The summed E-state index contributed by atoms with van der Waals surface area (Å²) in [5.41, 5.74) is 3.47. The average molecular weight is 717 g/mol. The number of aromatic nitrogens is 1. The molecule has 0 spiro atoms. The number of hydrogen-bond acceptors (Lipinski definition) is 10. The van der Waals surface area contributed by atoms with Crippen molar-refractivity contribution < 1.29 is 28.5 Å². The second-order valence-electron chi connectivity index (χ2n) is 10.7. The van der Waals surface area contributed by atoms with Gasteiger partial charge in [0, 0.05) is 0 Å². The van der Waals surface area contributed by atoms with Gasteiger partial charge in [-0.1, -0.05) is 42.9 Å². The van der Waals surface area contributed by atoms with E-state index in [0.717, 1.165) is 12.0 Å². The van der Waals surface area contributed by atoms with Crippen LogP contribution in [0.4, 0.5) is 0 Å². The van der Waals surface area contributed by atoms with Crippen LogP contribution in [-0.4, -0.2) is 31.0 Å². The number of halogens is 1. The number of carbonyl (C=O) groups excluding carboxylic acids is 1. The van der Waals surface area contributed by atoms with Crippen LogP contribution in [0.25, 0.3) is 6.08 Å². The fourth-order valence-electron chi connectivity index (χ4n) is 5.47. The van der Waals surface area contributed by atoms with Gasteiger partial charge in [0.15, 0.2) is 27.8 Å². The SMILES string of the molecule is CCCC1=C(C(=O)OCC)[C@H](c2ccc3c(c2)OCO3)n2c(s/c(=C/c3cc(Br)c(OCc4ccc(C#N)cc4)c(OC)c3)c2=O)=N1. The summed E-state index contributed by atoms with van der Waals surface area (Å²) in [5.74, 6) is 1.60. The van der Waals surface area contributed by atoms with Crippen LogP contribution in [0.5, 0.6) is 23.0 Å². The van der Waals surface area contributed by atoms with E-state index in [4.69, 9.17) is 33.9 Å². The zero-order valence-corrected chi connectivity index (χ0v) is 28.3. The molecule has 0 radical (unpaired) electrons. The van der Waals surface area contributed by atoms with Crippen LogP contribution >= 0.6 is 27.3 Å². The third-order valence-electron chi connectivity index (χ3n) is 7.62. The summed E-state index contributed by atoms with van der Waals surface area (Å²) in [6.07, 6.45) is 3.05. The number of nitrogens with zero attached hydrogens (tertiary/aromatic N) is 3. The Morgan fingerprint density at radius 1 is 1.15 bits per heavy atom. The van der Waals surface area contributed by atoms with Crippen molar-refractivity contribution in [2.45, 2.75) is 39.3 Å². The molecule has 0 aliphatic carbocycles. The normalized spacial score (nSPS) is 15.1. The standard InChI is InChI=1S/C35H30BrN3O7S/c1-4-6-25-30(34(41)43-5-2)31(23-11-12-26-27(16-23)46-19-45-26)39-33(40)29(47-35(39)38-25)15-22-13-24(36)32(28(14-22)42-3)44-18-21-9-7-20(17-37)8-10-21/h7-16,31H,4-6,18-19H2,1-3H3/b29-15+/t31-/m0/s1. The van der Waals surface area contributed by atoms with Crippen LogP contribution in [0.15, 0.2) is 80.1 Å². The van der Waals surface area contributed by atoms with E-state index in [2.05, 4.69) is 22.0 Å². The molecule has 0 unspecified atom stereocenters. The maximum Gasteiger partial charge on any atom is 0.338 e. The summed E-state index contributed by atoms with van der Waals surface area (Å²) < 4.78 is 31.0. The maximum absolute atomic E-state index is 14.2. The highest BCUT2D eigenvalue weighted by molar-refractivity contribution is 9.10. The van der Waals surface area contributed by atoms with Crippen LogP contribution in [-0.2, 0) is 16.1 Å². The Balaban J connectivity index is 1.43. The molecule has 0 N–H and O–H groups in total. The molecule has 0 saturated carbocycles. The molecule has 47 heavy (non-hydrogen) atoms. The predicted octanol–water partition coefficient (Wildman–Crippen LogP) is 5.53. The van der Waals surface area contributed by atoms with Crippen molar-refractivity contribution in [2.24, 2.45) is 4.99 Å². The van der Waals surface area contributed by atoms with Gasteiger partial charge < -0.3 is 23.7 Å². The highest BCUT2D eigenvalue weighted by Gasteiger charge is 2.35. The largest absolute Gasteiger partial charge is 0.493 e. The van der Waals surface area contributed by atoms with Gasteiger partial charge in [-0.2, -0.15) is 5.26 Å². The zero-order chi connectivity index (χ0) is 33.1. The molecule has 10 nitrogen and oxygen atoms in total. The van der Waals surface area contributed by atoms with Gasteiger partial charge in [-0.25, -0.2) is 9.79 Å². The van der Waals surface area contributed by atoms with Crippen LogP contribution < -0.4 is 33.8 Å². The predicted molar refractivity (Wildman–Crippen MR) is 178 cm³/mol. The molecule has 6 rings (SSSR count). The van der Waals surface area contributed by atoms with Crippen LogP contribution in [0.1, 0.15) is 55.0 Å². The first kappa shape index (κ1) is 32.1. The van der Waals surface area contributed by atoms with Gasteiger partial charge in [0.25, 0.3) is 5.56 Å². The third-order valence-corrected chi connectivity index (χ3v) is 9.19. The molecule has 0 fully saturated rings. The Morgan fingerprint density at radius 2 is 1.94 bits per heavy atom. The topological polar surface area (TPSA) is 121 Å². The van der Waals surface area contributed by atoms with Crippen LogP contribution in [0, 0.1) is 11.3 Å². The number of benzene rings is 3. The summed E-state index contributed by atoms with van der Waals surface area (Å²) in [4.78, 5) is 33.0. The van der Waals surface area contributed by atoms with E-state index in [1.807, 2.05) is 31.2 Å². The first-order chi connectivity index (χ1) is 22.8. The zero-order valence-electron chi connectivity index (χ0n) is 25.9. The summed E-state index contributed by atoms with van der Waals surface area (Å²) in [7, 11) is 1.55. The number of nitriles is 1. The Labute approximate surface area is 282 Å². The molecule has 2 aliphatic rings. The molecule has 0 amide bonds. The highest BCUT2D eigenvalue weighted by atomic mass is 79.9. The minimum atomic E-state index is -0.775. The molecular formula is C35H30BrN3O7S. The first-order valence-electron chi connectivity index (χ1n) is 15.0. The number of fused-ring (bicyclic) bond motifs is 2. The van der Waals surface area contributed by atoms with Crippen molar-refractivity contribution in [3.63, 3.8) is 0 Å². The Bertz CT molecular complexity index is 2110. The number of thiazole rings is 1. The van der Waals surface area contributed by atoms with E-state index in [-0.39, 0.29) is 25.6 Å². The molecule has 3 heterocycles. The van der Waals surface area contributed by atoms with Crippen molar-refractivity contribution in [1.82, 2.24) is 4.57 Å². The molecule has 1 aromatic heterocycles. The minimum absolute atomic E-state index is 0.0987. The lowest BCUT2D eigenvalue weighted by molar-refractivity contribution is -0.139. The van der Waals surface area contributed by atoms with Crippen molar-refractivity contribution in [1.29, 1.82) is 5.26 Å². The lowest BCUT2D eigenvalue weighted by Crippen LogP contribution is -2.40. The molecular weight excluding hydrogens is 686 g/mol. The lowest BCUT2D eigenvalue weighted by atomic mass is 9.94. The molecule has 0 bridgehead atoms. The van der Waals surface area contributed by atoms with Gasteiger partial charge in [-0.15, -0.1) is 0 Å². The number of methoxy groups -OCH3 is 1. The van der Waals surface area contributed by atoms with Crippen LogP contribution in [0.3, 0.4) is 0 Å². The quantitative estimate of drug-likeness (QED) is 0.197. The number of ether oxygens (including phenoxy) is 5. The third kappa shape index (κ3) is 6.41. The summed E-state index contributed by atoms with van der Waals surface area (Å²) >= 11 is 4.85. The van der Waals surface area contributed by atoms with Crippen molar-refractivity contribution >= 4 is 39.3 Å². The highest BCUT2D eigenvalue weighted by Crippen LogP contribution is 2.40. The fourth-order valence-corrected chi connectivity index (χ4v) is 7.06. The van der Waals surface area contributed by atoms with Crippen molar-refractivity contribution in [3.8, 4) is 29.1 Å². The van der Waals surface area contributed by atoms with Gasteiger partial charge in [0.05, 0.1) is 51.7 Å². The Morgan fingerprint density at radius 3 is 2.66 bits per heavy atom. The van der Waals surface area contributed by atoms with E-state index in [0.29, 0.717) is 71.2 Å². The smallest absolute Gasteiger partial charge is 0.338 e. The molecule has 4 aromatic rings. The van der Waals surface area contributed by atoms with Gasteiger partial charge in [0.1, 0.15) is 6.61 Å². The molecule has 1 atom stereocenters. The summed E-state index contributed by atoms with van der Waals surface area (Å²) in [5, 5.41) is 9.06. The first-order valence-corrected chi connectivity index (χ1v) is 16.6. The second kappa shape index (κ2) is 13.9. The van der Waals surface area contributed by atoms with Gasteiger partial charge in [-0.05, 0) is 88.4 Å². The lowest BCUT2D eigenvalue weighted by Gasteiger charge is -2.25. The molecule has 2 aliphatic heterocycles. The van der Waals surface area contributed by atoms with Gasteiger partial charge in [-0.3, -0.25) is 9.36 Å². The molecule has 3 aromatic carbocycles. The van der Waals surface area contributed by atoms with Crippen LogP contribution in [0.2, 0.25) is 0 Å². The molecule has 12 heteroatoms. The fraction of sp³-hybridized carbons (Fsp3) is 0.257. The molecule has 0 saturated heterocycles. The van der Waals surface area contributed by atoms with E-state index in [1.165, 1.54) is 11.3 Å². The van der Waals surface area contributed by atoms with Crippen molar-refractivity contribution in [3.05, 3.63) is 112 Å². The monoisotopic (exact) mass is 715 g/mol. The van der Waals surface area contributed by atoms with Crippen molar-refractivity contribution in [2.75, 3.05) is 20.5 Å². The number of carbonyl (C=O) groups is 1. The van der Waals surface area contributed by atoms with Gasteiger partial charge in [0.2, 0.25) is 6.79 Å². The van der Waals surface area contributed by atoms with E-state index in [9.17, 15) is 9.59 Å². The minimum Gasteiger partial charge on any atom is -0.493 e. The average Bonchev–Trinajstić information content (AvgIpc) is 3.67. The Hall–Kier alpha value is -4.86. The number of hydrogen-bond donors (Lipinski definition) is 0. The number of esters is 1. The number of rotatable bonds is 10. The summed E-state index contributed by atoms with van der Waals surface area (Å²) in [6.45, 7) is 4.31. The second-order valence-corrected chi connectivity index (χ2v) is 12.5. The summed E-state index contributed by atoms with van der Waals surface area (Å²) in [6, 6.07) is 17.5. The maximum atomic E-state index is 14.2.